The van der Waals surface area contributed by atoms with Gasteiger partial charge in [0.25, 0.3) is 0 Å². The first-order valence-corrected chi connectivity index (χ1v) is 8.70. The smallest absolute Gasteiger partial charge is 0.239 e. The number of aryl methyl sites for hydroxylation is 1. The molecule has 8 heteroatoms. The zero-order valence-corrected chi connectivity index (χ0v) is 15.2. The Bertz CT molecular complexity index is 841. The molecule has 0 aliphatic carbocycles. The molecule has 3 aromatic rings. The maximum absolute atomic E-state index is 5.37. The Hall–Kier alpha value is -2.22. The monoisotopic (exact) mass is 344 g/mol. The minimum Gasteiger partial charge on any atom is -0.338 e. The van der Waals surface area contributed by atoms with E-state index in [-0.39, 0.29) is 11.2 Å². The summed E-state index contributed by atoms with van der Waals surface area (Å²) in [5.74, 6) is 1.53. The molecule has 0 radical (unpaired) electrons. The van der Waals surface area contributed by atoms with Crippen molar-refractivity contribution in [2.75, 3.05) is 0 Å². The van der Waals surface area contributed by atoms with Gasteiger partial charge in [-0.05, 0) is 48.4 Å². The third kappa shape index (κ3) is 3.19. The second-order valence-corrected chi connectivity index (χ2v) is 7.31. The van der Waals surface area contributed by atoms with Gasteiger partial charge in [-0.15, -0.1) is 5.10 Å². The average Bonchev–Trinajstić information content (AvgIpc) is 3.19. The molecule has 0 fully saturated rings. The quantitative estimate of drug-likeness (QED) is 0.653. The molecule has 0 saturated heterocycles. The fraction of sp³-hybridized carbons (Fsp3) is 0.438. The molecule has 1 aromatic carbocycles. The number of aromatic nitrogens is 6. The number of tetrazole rings is 1. The first-order valence-electron chi connectivity index (χ1n) is 7.82. The van der Waals surface area contributed by atoms with Crippen LogP contribution < -0.4 is 0 Å². The number of hydrogen-bond donors (Lipinski definition) is 0. The molecule has 0 spiro atoms. The second kappa shape index (κ2) is 6.72. The molecule has 0 bridgehead atoms. The first-order chi connectivity index (χ1) is 11.5. The van der Waals surface area contributed by atoms with E-state index in [1.165, 1.54) is 17.3 Å². The highest BCUT2D eigenvalue weighted by molar-refractivity contribution is 7.99. The fourth-order valence-corrected chi connectivity index (χ4v) is 3.06. The summed E-state index contributed by atoms with van der Waals surface area (Å²) in [6, 6.07) is 6.09. The van der Waals surface area contributed by atoms with E-state index in [1.807, 2.05) is 32.9 Å². The van der Waals surface area contributed by atoms with Gasteiger partial charge in [-0.2, -0.15) is 9.67 Å². The maximum Gasteiger partial charge on any atom is 0.239 e. The molecule has 0 N–H and O–H groups in total. The normalized spacial score (nSPS) is 12.8. The van der Waals surface area contributed by atoms with Gasteiger partial charge >= 0.3 is 0 Å². The zero-order chi connectivity index (χ0) is 17.3. The van der Waals surface area contributed by atoms with Crippen molar-refractivity contribution < 1.29 is 4.52 Å². The van der Waals surface area contributed by atoms with Gasteiger partial charge < -0.3 is 4.52 Å². The van der Waals surface area contributed by atoms with Gasteiger partial charge in [-0.3, -0.25) is 0 Å². The largest absolute Gasteiger partial charge is 0.338 e. The van der Waals surface area contributed by atoms with Crippen molar-refractivity contribution in [1.82, 2.24) is 30.3 Å². The van der Waals surface area contributed by atoms with Crippen LogP contribution >= 0.6 is 11.8 Å². The molecule has 0 amide bonds. The second-order valence-electron chi connectivity index (χ2n) is 6.00. The Kier molecular flexibility index (Phi) is 4.66. The van der Waals surface area contributed by atoms with Crippen LogP contribution in [0.15, 0.2) is 27.9 Å². The van der Waals surface area contributed by atoms with E-state index >= 15 is 0 Å². The molecule has 1 atom stereocenters. The van der Waals surface area contributed by atoms with Crippen molar-refractivity contribution >= 4 is 11.8 Å². The van der Waals surface area contributed by atoms with Gasteiger partial charge in [-0.25, -0.2) is 0 Å². The number of benzene rings is 1. The van der Waals surface area contributed by atoms with Crippen LogP contribution in [0.4, 0.5) is 0 Å². The lowest BCUT2D eigenvalue weighted by Gasteiger charge is -2.10. The Labute approximate surface area is 144 Å². The number of rotatable bonds is 5. The highest BCUT2D eigenvalue weighted by Gasteiger charge is 2.21. The van der Waals surface area contributed by atoms with Crippen LogP contribution in [0.25, 0.3) is 5.69 Å². The summed E-state index contributed by atoms with van der Waals surface area (Å²) in [5.41, 5.74) is 3.33. The summed E-state index contributed by atoms with van der Waals surface area (Å²) in [6.07, 6.45) is 0. The zero-order valence-electron chi connectivity index (χ0n) is 14.4. The average molecular weight is 344 g/mol. The van der Waals surface area contributed by atoms with Crippen LogP contribution in [-0.2, 0) is 0 Å². The van der Waals surface area contributed by atoms with Crippen LogP contribution in [0.3, 0.4) is 0 Å². The maximum atomic E-state index is 5.37. The van der Waals surface area contributed by atoms with Gasteiger partial charge in [0.1, 0.15) is 0 Å². The Morgan fingerprint density at radius 2 is 1.96 bits per heavy atom. The molecule has 126 valence electrons. The molecule has 2 heterocycles. The topological polar surface area (TPSA) is 82.5 Å². The van der Waals surface area contributed by atoms with Gasteiger partial charge in [-0.1, -0.05) is 42.9 Å². The van der Waals surface area contributed by atoms with E-state index in [9.17, 15) is 0 Å². The lowest BCUT2D eigenvalue weighted by molar-refractivity contribution is 0.373. The molecule has 7 nitrogen and oxygen atoms in total. The molecule has 24 heavy (non-hydrogen) atoms. The Balaban J connectivity index is 1.86. The molecule has 3 rings (SSSR count). The number of thioether (sulfide) groups is 1. The van der Waals surface area contributed by atoms with Crippen molar-refractivity contribution in [3.8, 4) is 5.69 Å². The van der Waals surface area contributed by atoms with E-state index < -0.39 is 0 Å². The molecule has 0 aliphatic heterocycles. The number of nitrogens with zero attached hydrogens (tertiary/aromatic N) is 6. The lowest BCUT2D eigenvalue weighted by Crippen LogP contribution is -2.03. The molecule has 1 unspecified atom stereocenters. The van der Waals surface area contributed by atoms with E-state index in [0.717, 1.165) is 11.3 Å². The van der Waals surface area contributed by atoms with Crippen molar-refractivity contribution in [1.29, 1.82) is 0 Å². The Morgan fingerprint density at radius 3 is 2.67 bits per heavy atom. The number of hydrogen-bond acceptors (Lipinski definition) is 7. The molecular weight excluding hydrogens is 324 g/mol. The third-order valence-corrected chi connectivity index (χ3v) is 4.87. The van der Waals surface area contributed by atoms with E-state index in [2.05, 4.69) is 45.6 Å². The molecule has 0 saturated carbocycles. The predicted molar refractivity (Wildman–Crippen MR) is 91.3 cm³/mol. The molecule has 0 aliphatic rings. The first kappa shape index (κ1) is 16.6. The van der Waals surface area contributed by atoms with Crippen molar-refractivity contribution in [2.45, 2.75) is 50.9 Å². The van der Waals surface area contributed by atoms with Crippen LogP contribution in [0.2, 0.25) is 0 Å². The molecular formula is C16H20N6OS. The summed E-state index contributed by atoms with van der Waals surface area (Å²) < 4.78 is 7.12. The van der Waals surface area contributed by atoms with Crippen LogP contribution in [0.5, 0.6) is 0 Å². The fourth-order valence-electron chi connectivity index (χ4n) is 2.22. The lowest BCUT2D eigenvalue weighted by atomic mass is 10.1. The van der Waals surface area contributed by atoms with E-state index in [4.69, 9.17) is 4.52 Å². The van der Waals surface area contributed by atoms with Gasteiger partial charge in [0.05, 0.1) is 10.9 Å². The minimum atomic E-state index is -0.0418. The standard InChI is InChI=1S/C16H20N6OS/c1-9(2)14-17-15(23-19-14)12(5)24-16-18-20-21-22(16)13-8-6-7-10(3)11(13)4/h6-9,12H,1-5H3. The molecule has 2 aromatic heterocycles. The SMILES string of the molecule is Cc1cccc(-n2nnnc2SC(C)c2nc(C(C)C)no2)c1C. The summed E-state index contributed by atoms with van der Waals surface area (Å²) in [4.78, 5) is 4.45. The van der Waals surface area contributed by atoms with Crippen molar-refractivity contribution in [3.05, 3.63) is 41.0 Å². The van der Waals surface area contributed by atoms with E-state index in [1.54, 1.807) is 4.68 Å². The highest BCUT2D eigenvalue weighted by Crippen LogP contribution is 2.34. The predicted octanol–water partition coefficient (Wildman–Crippen LogP) is 3.64. The van der Waals surface area contributed by atoms with Crippen LogP contribution in [-0.4, -0.2) is 30.3 Å². The van der Waals surface area contributed by atoms with Crippen LogP contribution in [0.1, 0.15) is 54.8 Å². The highest BCUT2D eigenvalue weighted by atomic mass is 32.2. The Morgan fingerprint density at radius 1 is 1.17 bits per heavy atom. The van der Waals surface area contributed by atoms with E-state index in [0.29, 0.717) is 16.9 Å². The summed E-state index contributed by atoms with van der Waals surface area (Å²) in [7, 11) is 0. The summed E-state index contributed by atoms with van der Waals surface area (Å²) >= 11 is 1.50. The van der Waals surface area contributed by atoms with Crippen LogP contribution in [0, 0.1) is 13.8 Å². The van der Waals surface area contributed by atoms with Crippen molar-refractivity contribution in [3.63, 3.8) is 0 Å². The van der Waals surface area contributed by atoms with Crippen molar-refractivity contribution in [2.24, 2.45) is 0 Å². The third-order valence-electron chi connectivity index (χ3n) is 3.85. The van der Waals surface area contributed by atoms with Gasteiger partial charge in [0, 0.05) is 5.92 Å². The van der Waals surface area contributed by atoms with Gasteiger partial charge in [0.15, 0.2) is 5.82 Å². The minimum absolute atomic E-state index is 0.0418. The van der Waals surface area contributed by atoms with Gasteiger partial charge in [0.2, 0.25) is 11.0 Å². The summed E-state index contributed by atoms with van der Waals surface area (Å²) in [5, 5.41) is 16.8. The summed E-state index contributed by atoms with van der Waals surface area (Å²) in [6.45, 7) is 10.2.